The number of imide groups is 2. The van der Waals surface area contributed by atoms with Gasteiger partial charge in [0, 0.05) is 28.2 Å². The van der Waals surface area contributed by atoms with Crippen LogP contribution < -0.4 is 11.2 Å². The number of benzene rings is 1. The van der Waals surface area contributed by atoms with Crippen molar-refractivity contribution >= 4 is 29.5 Å². The summed E-state index contributed by atoms with van der Waals surface area (Å²) in [6.45, 7) is 0. The number of urea groups is 1. The number of barbiturate groups is 1. The Balaban J connectivity index is 2.13. The van der Waals surface area contributed by atoms with Gasteiger partial charge in [0.2, 0.25) is 5.88 Å². The summed E-state index contributed by atoms with van der Waals surface area (Å²) in [5, 5.41) is 10.3. The van der Waals surface area contributed by atoms with Gasteiger partial charge < -0.3 is 5.11 Å². The predicted octanol–water partition coefficient (Wildman–Crippen LogP) is 0.863. The summed E-state index contributed by atoms with van der Waals surface area (Å²) in [5.74, 6) is -1.97. The first-order valence-electron chi connectivity index (χ1n) is 9.80. The number of likely N-dealkylation sites (N-methyl/N-ethyl adjacent to an activating group) is 2. The predicted molar refractivity (Wildman–Crippen MR) is 121 cm³/mol. The third kappa shape index (κ3) is 4.18. The number of amides is 4. The maximum absolute atomic E-state index is 12.5. The van der Waals surface area contributed by atoms with Crippen LogP contribution in [0.5, 0.6) is 5.88 Å². The Kier molecular flexibility index (Phi) is 6.29. The normalized spacial score (nSPS) is 15.1. The number of rotatable bonds is 4. The summed E-state index contributed by atoms with van der Waals surface area (Å²) in [6, 6.07) is 8.20. The lowest BCUT2D eigenvalue weighted by Gasteiger charge is -2.28. The molecule has 1 aromatic carbocycles. The van der Waals surface area contributed by atoms with Crippen molar-refractivity contribution < 1.29 is 19.5 Å². The van der Waals surface area contributed by atoms with Crippen molar-refractivity contribution in [1.82, 2.24) is 18.9 Å². The number of aromatic hydroxyl groups is 1. The van der Waals surface area contributed by atoms with Gasteiger partial charge in [0.05, 0.1) is 0 Å². The van der Waals surface area contributed by atoms with Crippen molar-refractivity contribution in [2.24, 2.45) is 14.1 Å². The first kappa shape index (κ1) is 23.2. The van der Waals surface area contributed by atoms with Crippen LogP contribution in [0, 0.1) is 0 Å². The Morgan fingerprint density at radius 1 is 0.848 bits per heavy atom. The van der Waals surface area contributed by atoms with Gasteiger partial charge in [0.1, 0.15) is 11.1 Å². The zero-order valence-electron chi connectivity index (χ0n) is 18.5. The Bertz CT molecular complexity index is 1340. The molecule has 33 heavy (non-hydrogen) atoms. The molecule has 0 saturated carbocycles. The molecule has 0 aliphatic carbocycles. The standard InChI is InChI=1S/C23H22N4O6/c1-24-18(28)16(19(29)25(2)22(24)32)12-10-15(14-8-6-5-7-9-14)11-13-17-20(30)26(3)23(33)27(4)21(17)31/h5-13,28H,1-4H3/b12-10+,15-11-. The van der Waals surface area contributed by atoms with E-state index in [-0.39, 0.29) is 11.1 Å². The minimum atomic E-state index is -0.736. The van der Waals surface area contributed by atoms with Gasteiger partial charge in [-0.25, -0.2) is 9.59 Å². The molecule has 10 heteroatoms. The fraction of sp³-hybridized carbons (Fsp3) is 0.174. The van der Waals surface area contributed by atoms with Crippen molar-refractivity contribution in [3.05, 3.63) is 86.1 Å². The molecule has 1 fully saturated rings. The SMILES string of the molecule is CN1C(=O)C(=C/C=C(/C=C/c2c(O)n(C)c(=O)n(C)c2=O)c2ccccc2)C(=O)N(C)C1=O. The average Bonchev–Trinajstić information content (AvgIpc) is 2.82. The van der Waals surface area contributed by atoms with E-state index in [1.165, 1.54) is 52.5 Å². The molecule has 10 nitrogen and oxygen atoms in total. The van der Waals surface area contributed by atoms with Crippen molar-refractivity contribution in [3.8, 4) is 5.88 Å². The van der Waals surface area contributed by atoms with Crippen LogP contribution in [0.25, 0.3) is 11.6 Å². The van der Waals surface area contributed by atoms with Gasteiger partial charge in [-0.15, -0.1) is 0 Å². The van der Waals surface area contributed by atoms with Crippen LogP contribution in [0.3, 0.4) is 0 Å². The van der Waals surface area contributed by atoms with Gasteiger partial charge in [-0.2, -0.15) is 0 Å². The quantitative estimate of drug-likeness (QED) is 0.419. The largest absolute Gasteiger partial charge is 0.494 e. The third-order valence-electron chi connectivity index (χ3n) is 5.28. The minimum Gasteiger partial charge on any atom is -0.494 e. The molecule has 3 rings (SSSR count). The van der Waals surface area contributed by atoms with E-state index >= 15 is 0 Å². The van der Waals surface area contributed by atoms with Crippen LogP contribution in [-0.2, 0) is 23.7 Å². The highest BCUT2D eigenvalue weighted by Gasteiger charge is 2.37. The van der Waals surface area contributed by atoms with Crippen LogP contribution >= 0.6 is 0 Å². The van der Waals surface area contributed by atoms with Crippen molar-refractivity contribution in [1.29, 1.82) is 0 Å². The fourth-order valence-corrected chi connectivity index (χ4v) is 3.22. The van der Waals surface area contributed by atoms with Gasteiger partial charge in [0.15, 0.2) is 0 Å². The van der Waals surface area contributed by atoms with Gasteiger partial charge in [0.25, 0.3) is 17.4 Å². The fourth-order valence-electron chi connectivity index (χ4n) is 3.22. The molecule has 2 heterocycles. The summed E-state index contributed by atoms with van der Waals surface area (Å²) in [4.78, 5) is 62.9. The van der Waals surface area contributed by atoms with Crippen LogP contribution in [0.15, 0.2) is 63.7 Å². The first-order valence-corrected chi connectivity index (χ1v) is 9.80. The highest BCUT2D eigenvalue weighted by Crippen LogP contribution is 2.21. The van der Waals surface area contributed by atoms with Crippen LogP contribution in [0.1, 0.15) is 11.1 Å². The molecule has 0 spiro atoms. The zero-order chi connectivity index (χ0) is 24.4. The van der Waals surface area contributed by atoms with Crippen molar-refractivity contribution in [2.45, 2.75) is 0 Å². The topological polar surface area (TPSA) is 122 Å². The number of hydrogen-bond acceptors (Lipinski definition) is 6. The van der Waals surface area contributed by atoms with Gasteiger partial charge in [-0.1, -0.05) is 42.5 Å². The van der Waals surface area contributed by atoms with E-state index in [1.807, 2.05) is 6.07 Å². The van der Waals surface area contributed by atoms with Gasteiger partial charge in [-0.3, -0.25) is 33.3 Å². The highest BCUT2D eigenvalue weighted by atomic mass is 16.3. The van der Waals surface area contributed by atoms with Crippen LogP contribution in [0.2, 0.25) is 0 Å². The molecule has 1 aliphatic rings. The lowest BCUT2D eigenvalue weighted by atomic mass is 10.0. The molecule has 0 bridgehead atoms. The summed E-state index contributed by atoms with van der Waals surface area (Å²) in [6.07, 6.45) is 5.66. The van der Waals surface area contributed by atoms with E-state index in [9.17, 15) is 29.1 Å². The molecule has 2 aromatic rings. The minimum absolute atomic E-state index is 0.107. The summed E-state index contributed by atoms with van der Waals surface area (Å²) in [7, 11) is 5.19. The molecule has 1 aliphatic heterocycles. The Hall–Kier alpha value is -4.47. The molecule has 170 valence electrons. The Morgan fingerprint density at radius 3 is 2.00 bits per heavy atom. The molecular weight excluding hydrogens is 428 g/mol. The Morgan fingerprint density at radius 2 is 1.42 bits per heavy atom. The Labute approximate surface area is 188 Å². The number of carbonyl (C=O) groups excluding carboxylic acids is 3. The number of hydrogen-bond donors (Lipinski definition) is 1. The number of allylic oxidation sites excluding steroid dienone is 4. The van der Waals surface area contributed by atoms with E-state index in [4.69, 9.17) is 0 Å². The molecule has 0 unspecified atom stereocenters. The second-order valence-corrected chi connectivity index (χ2v) is 7.36. The van der Waals surface area contributed by atoms with Crippen molar-refractivity contribution in [3.63, 3.8) is 0 Å². The van der Waals surface area contributed by atoms with E-state index < -0.39 is 35.0 Å². The van der Waals surface area contributed by atoms with E-state index in [0.29, 0.717) is 11.1 Å². The lowest BCUT2D eigenvalue weighted by molar-refractivity contribution is -0.134. The summed E-state index contributed by atoms with van der Waals surface area (Å²) >= 11 is 0. The first-order chi connectivity index (χ1) is 15.6. The highest BCUT2D eigenvalue weighted by molar-refractivity contribution is 6.28. The second-order valence-electron chi connectivity index (χ2n) is 7.36. The second kappa shape index (κ2) is 8.95. The van der Waals surface area contributed by atoms with Crippen molar-refractivity contribution in [2.75, 3.05) is 14.1 Å². The monoisotopic (exact) mass is 450 g/mol. The maximum atomic E-state index is 12.5. The number of carbonyl (C=O) groups is 3. The van der Waals surface area contributed by atoms with E-state index in [1.54, 1.807) is 24.3 Å². The molecule has 0 atom stereocenters. The summed E-state index contributed by atoms with van der Waals surface area (Å²) in [5.41, 5.74) is -0.472. The zero-order valence-corrected chi connectivity index (χ0v) is 18.5. The molecule has 1 saturated heterocycles. The maximum Gasteiger partial charge on any atom is 0.333 e. The van der Waals surface area contributed by atoms with Crippen LogP contribution in [0.4, 0.5) is 4.79 Å². The third-order valence-corrected chi connectivity index (χ3v) is 5.28. The summed E-state index contributed by atoms with van der Waals surface area (Å²) < 4.78 is 1.81. The van der Waals surface area contributed by atoms with Crippen LogP contribution in [-0.4, -0.2) is 56.0 Å². The van der Waals surface area contributed by atoms with Gasteiger partial charge >= 0.3 is 11.7 Å². The van der Waals surface area contributed by atoms with Gasteiger partial charge in [-0.05, 0) is 23.3 Å². The molecule has 4 amide bonds. The lowest BCUT2D eigenvalue weighted by Crippen LogP contribution is -2.52. The van der Waals surface area contributed by atoms with E-state index in [0.717, 1.165) is 18.9 Å². The van der Waals surface area contributed by atoms with E-state index in [2.05, 4.69) is 0 Å². The number of nitrogens with zero attached hydrogens (tertiary/aromatic N) is 4. The number of aromatic nitrogens is 2. The smallest absolute Gasteiger partial charge is 0.333 e. The molecule has 1 aromatic heterocycles. The average molecular weight is 450 g/mol. The molecule has 1 N–H and O–H groups in total. The molecular formula is C23H22N4O6. The molecule has 0 radical (unpaired) electrons.